The molecule has 0 spiro atoms. The Balaban J connectivity index is 1.46. The number of ether oxygens (including phenoxy) is 2. The highest BCUT2D eigenvalue weighted by Crippen LogP contribution is 2.35. The summed E-state index contributed by atoms with van der Waals surface area (Å²) in [5.74, 6) is 0.751. The maximum Gasteiger partial charge on any atom is 0.414 e. The van der Waals surface area contributed by atoms with E-state index in [1.165, 1.54) is 0 Å². The van der Waals surface area contributed by atoms with E-state index in [0.717, 1.165) is 23.7 Å². The van der Waals surface area contributed by atoms with Crippen molar-refractivity contribution >= 4 is 40.4 Å². The van der Waals surface area contributed by atoms with Gasteiger partial charge in [0.25, 0.3) is 0 Å². The van der Waals surface area contributed by atoms with Gasteiger partial charge in [-0.15, -0.1) is 0 Å². The van der Waals surface area contributed by atoms with E-state index in [-0.39, 0.29) is 0 Å². The predicted octanol–water partition coefficient (Wildman–Crippen LogP) is 2.00. The Kier molecular flexibility index (Phi) is 5.01. The van der Waals surface area contributed by atoms with E-state index in [0.29, 0.717) is 23.8 Å². The molecule has 1 fully saturated rings. The SMILES string of the molecule is CN1CCOc2cc(N3C[C@@H](C(N)C(=S)Nc4cccnc4)OC3=O)ccc21. The van der Waals surface area contributed by atoms with Crippen LogP contribution in [0, 0.1) is 0 Å². The van der Waals surface area contributed by atoms with E-state index in [9.17, 15) is 4.79 Å². The van der Waals surface area contributed by atoms with E-state index in [4.69, 9.17) is 27.4 Å². The summed E-state index contributed by atoms with van der Waals surface area (Å²) >= 11 is 5.38. The Morgan fingerprint density at radius 2 is 2.29 bits per heavy atom. The Bertz CT molecular complexity index is 894. The van der Waals surface area contributed by atoms with Gasteiger partial charge in [-0.1, -0.05) is 12.2 Å². The van der Waals surface area contributed by atoms with Crippen molar-refractivity contribution in [2.24, 2.45) is 5.73 Å². The summed E-state index contributed by atoms with van der Waals surface area (Å²) in [4.78, 5) is 20.5. The maximum absolute atomic E-state index is 12.4. The summed E-state index contributed by atoms with van der Waals surface area (Å²) in [7, 11) is 2.01. The molecule has 28 heavy (non-hydrogen) atoms. The fourth-order valence-electron chi connectivity index (χ4n) is 3.23. The number of likely N-dealkylation sites (N-methyl/N-ethyl adjacent to an activating group) is 1. The number of benzene rings is 1. The minimum absolute atomic E-state index is 0.309. The Morgan fingerprint density at radius 1 is 1.43 bits per heavy atom. The number of cyclic esters (lactones) is 1. The van der Waals surface area contributed by atoms with Crippen molar-refractivity contribution in [3.8, 4) is 5.75 Å². The van der Waals surface area contributed by atoms with Crippen LogP contribution in [0.1, 0.15) is 0 Å². The number of hydrogen-bond donors (Lipinski definition) is 2. The van der Waals surface area contributed by atoms with E-state index in [1.54, 1.807) is 23.4 Å². The number of aromatic nitrogens is 1. The number of amides is 1. The second-order valence-corrected chi connectivity index (χ2v) is 7.15. The normalized spacial score (nSPS) is 19.5. The van der Waals surface area contributed by atoms with Crippen LogP contribution in [0.4, 0.5) is 21.9 Å². The lowest BCUT2D eigenvalue weighted by atomic mass is 10.1. The first-order valence-electron chi connectivity index (χ1n) is 8.95. The molecule has 0 bridgehead atoms. The molecule has 1 unspecified atom stereocenters. The lowest BCUT2D eigenvalue weighted by molar-refractivity contribution is 0.138. The molecule has 2 aliphatic heterocycles. The molecule has 2 aliphatic rings. The molecule has 1 aromatic carbocycles. The molecule has 1 amide bonds. The third-order valence-electron chi connectivity index (χ3n) is 4.82. The topological polar surface area (TPSA) is 93.0 Å². The maximum atomic E-state index is 12.4. The van der Waals surface area contributed by atoms with Crippen LogP contribution in [0.2, 0.25) is 0 Å². The first kappa shape index (κ1) is 18.5. The number of carbonyl (C=O) groups excluding carboxylic acids is 1. The van der Waals surface area contributed by atoms with Crippen molar-refractivity contribution in [1.29, 1.82) is 0 Å². The number of fused-ring (bicyclic) bond motifs is 1. The number of rotatable bonds is 4. The zero-order chi connectivity index (χ0) is 19.7. The first-order valence-corrected chi connectivity index (χ1v) is 9.36. The van der Waals surface area contributed by atoms with E-state index < -0.39 is 18.2 Å². The van der Waals surface area contributed by atoms with Crippen LogP contribution in [0.15, 0.2) is 42.7 Å². The van der Waals surface area contributed by atoms with Gasteiger partial charge in [0, 0.05) is 19.3 Å². The smallest absolute Gasteiger partial charge is 0.414 e. The number of nitrogens with two attached hydrogens (primary N) is 1. The quantitative estimate of drug-likeness (QED) is 0.754. The van der Waals surface area contributed by atoms with Crippen molar-refractivity contribution < 1.29 is 14.3 Å². The number of hydrogen-bond acceptors (Lipinski definition) is 7. The predicted molar refractivity (Wildman–Crippen MR) is 111 cm³/mol. The van der Waals surface area contributed by atoms with Crippen LogP contribution in [-0.4, -0.2) is 55.0 Å². The highest BCUT2D eigenvalue weighted by atomic mass is 32.1. The highest BCUT2D eigenvalue weighted by molar-refractivity contribution is 7.80. The summed E-state index contributed by atoms with van der Waals surface area (Å²) in [6.07, 6.45) is 2.32. The molecule has 8 nitrogen and oxygen atoms in total. The molecule has 0 saturated carbocycles. The lowest BCUT2D eigenvalue weighted by Crippen LogP contribution is -2.46. The van der Waals surface area contributed by atoms with Crippen molar-refractivity contribution in [3.63, 3.8) is 0 Å². The van der Waals surface area contributed by atoms with E-state index >= 15 is 0 Å². The third kappa shape index (κ3) is 3.58. The van der Waals surface area contributed by atoms with Crippen molar-refractivity contribution in [2.75, 3.05) is 41.9 Å². The fraction of sp³-hybridized carbons (Fsp3) is 0.316. The van der Waals surface area contributed by atoms with Gasteiger partial charge in [0.15, 0.2) is 0 Å². The molecule has 0 radical (unpaired) electrons. The molecule has 0 aliphatic carbocycles. The first-order chi connectivity index (χ1) is 13.5. The molecule has 1 aromatic heterocycles. The molecule has 2 atom stereocenters. The minimum atomic E-state index is -0.635. The molecular formula is C19H21N5O3S. The molecule has 1 saturated heterocycles. The molecule has 3 heterocycles. The third-order valence-corrected chi connectivity index (χ3v) is 5.19. The summed E-state index contributed by atoms with van der Waals surface area (Å²) in [5, 5.41) is 3.04. The van der Waals surface area contributed by atoms with Crippen molar-refractivity contribution in [1.82, 2.24) is 4.98 Å². The van der Waals surface area contributed by atoms with Gasteiger partial charge >= 0.3 is 6.09 Å². The summed E-state index contributed by atoms with van der Waals surface area (Å²) in [5.41, 5.74) is 8.68. The Hall–Kier alpha value is -2.91. The fourth-order valence-corrected chi connectivity index (χ4v) is 3.50. The zero-order valence-corrected chi connectivity index (χ0v) is 16.2. The highest BCUT2D eigenvalue weighted by Gasteiger charge is 2.38. The molecule has 3 N–H and O–H groups in total. The van der Waals surface area contributed by atoms with Gasteiger partial charge in [0.05, 0.1) is 42.4 Å². The second-order valence-electron chi connectivity index (χ2n) is 6.71. The van der Waals surface area contributed by atoms with Gasteiger partial charge in [-0.3, -0.25) is 9.88 Å². The van der Waals surface area contributed by atoms with E-state index in [2.05, 4.69) is 15.2 Å². The minimum Gasteiger partial charge on any atom is -0.489 e. The van der Waals surface area contributed by atoms with Gasteiger partial charge in [0.2, 0.25) is 0 Å². The van der Waals surface area contributed by atoms with Crippen LogP contribution in [0.25, 0.3) is 0 Å². The second kappa shape index (κ2) is 7.61. The van der Waals surface area contributed by atoms with Crippen LogP contribution in [0.5, 0.6) is 5.75 Å². The summed E-state index contributed by atoms with van der Waals surface area (Å²) < 4.78 is 11.2. The molecule has 4 rings (SSSR count). The van der Waals surface area contributed by atoms with Crippen LogP contribution >= 0.6 is 12.2 Å². The van der Waals surface area contributed by atoms with Crippen LogP contribution in [0.3, 0.4) is 0 Å². The standard InChI is InChI=1S/C19H21N5O3S/c1-23-7-8-26-15-9-13(4-5-14(15)23)24-11-16(27-19(24)25)17(20)18(28)22-12-3-2-6-21-10-12/h2-6,9-10,16-17H,7-8,11,20H2,1H3,(H,22,28)/t16-,17?/m0/s1. The number of anilines is 3. The average Bonchev–Trinajstić information content (AvgIpc) is 3.09. The number of nitrogens with zero attached hydrogens (tertiary/aromatic N) is 3. The van der Waals surface area contributed by atoms with Gasteiger partial charge in [-0.25, -0.2) is 4.79 Å². The Morgan fingerprint density at radius 3 is 3.07 bits per heavy atom. The number of thiocarbonyl (C=S) groups is 1. The summed E-state index contributed by atoms with van der Waals surface area (Å²) in [6, 6.07) is 8.67. The van der Waals surface area contributed by atoms with Crippen LogP contribution in [-0.2, 0) is 4.74 Å². The lowest BCUT2D eigenvalue weighted by Gasteiger charge is -2.28. The van der Waals surface area contributed by atoms with Crippen molar-refractivity contribution in [3.05, 3.63) is 42.7 Å². The zero-order valence-electron chi connectivity index (χ0n) is 15.4. The monoisotopic (exact) mass is 399 g/mol. The van der Waals surface area contributed by atoms with Gasteiger partial charge < -0.3 is 25.4 Å². The largest absolute Gasteiger partial charge is 0.489 e. The van der Waals surface area contributed by atoms with Gasteiger partial charge in [-0.05, 0) is 24.3 Å². The molecule has 146 valence electrons. The molecule has 9 heteroatoms. The van der Waals surface area contributed by atoms with E-state index in [1.807, 2.05) is 31.3 Å². The van der Waals surface area contributed by atoms with Gasteiger partial charge in [0.1, 0.15) is 23.4 Å². The number of nitrogens with one attached hydrogen (secondary N) is 1. The number of carbonyl (C=O) groups is 1. The summed E-state index contributed by atoms with van der Waals surface area (Å²) in [6.45, 7) is 1.75. The van der Waals surface area contributed by atoms with Crippen LogP contribution < -0.4 is 25.6 Å². The number of pyridine rings is 1. The molecule has 2 aromatic rings. The molecular weight excluding hydrogens is 378 g/mol. The Labute approximate surface area is 168 Å². The van der Waals surface area contributed by atoms with Crippen molar-refractivity contribution in [2.45, 2.75) is 12.1 Å². The van der Waals surface area contributed by atoms with Gasteiger partial charge in [-0.2, -0.15) is 0 Å². The average molecular weight is 399 g/mol.